The maximum Gasteiger partial charge on any atom is 0.348 e. The van der Waals surface area contributed by atoms with Gasteiger partial charge in [0.25, 0.3) is 0 Å². The fraction of sp³-hybridized carbons (Fsp3) is 0.621. The number of imidazole rings is 1. The van der Waals surface area contributed by atoms with Crippen LogP contribution in [-0.4, -0.2) is 37.8 Å². The van der Waals surface area contributed by atoms with Gasteiger partial charge in [-0.15, -0.1) is 11.3 Å². The van der Waals surface area contributed by atoms with E-state index in [9.17, 15) is 14.7 Å². The molecule has 6 nitrogen and oxygen atoms in total. The second kappa shape index (κ2) is 11.7. The van der Waals surface area contributed by atoms with Gasteiger partial charge in [-0.05, 0) is 84.1 Å². The van der Waals surface area contributed by atoms with E-state index in [0.717, 1.165) is 56.5 Å². The lowest BCUT2D eigenvalue weighted by Crippen LogP contribution is -2.46. The van der Waals surface area contributed by atoms with Gasteiger partial charge < -0.3 is 14.6 Å². The summed E-state index contributed by atoms with van der Waals surface area (Å²) in [7, 11) is 2.01. The first-order valence-electron chi connectivity index (χ1n) is 13.4. The number of anilines is 1. The Labute approximate surface area is 229 Å². The van der Waals surface area contributed by atoms with Crippen molar-refractivity contribution in [3.8, 4) is 11.8 Å². The summed E-state index contributed by atoms with van der Waals surface area (Å²) < 4.78 is 2.04. The third-order valence-electron chi connectivity index (χ3n) is 7.39. The van der Waals surface area contributed by atoms with Gasteiger partial charge in [-0.3, -0.25) is 4.79 Å². The number of carboxylic acids is 1. The molecule has 2 aromatic heterocycles. The van der Waals surface area contributed by atoms with Gasteiger partial charge in [-0.2, -0.15) is 0 Å². The molecule has 0 aromatic carbocycles. The number of thiophene rings is 1. The molecule has 2 aliphatic carbocycles. The smallest absolute Gasteiger partial charge is 0.348 e. The highest BCUT2D eigenvalue weighted by Gasteiger charge is 2.37. The Kier molecular flexibility index (Phi) is 8.75. The van der Waals surface area contributed by atoms with Crippen LogP contribution >= 0.6 is 23.1 Å². The summed E-state index contributed by atoms with van der Waals surface area (Å²) >= 11 is 2.99. The molecule has 4 rings (SSSR count). The zero-order valence-corrected chi connectivity index (χ0v) is 24.3. The van der Waals surface area contributed by atoms with E-state index in [4.69, 9.17) is 0 Å². The van der Waals surface area contributed by atoms with Crippen molar-refractivity contribution >= 4 is 40.7 Å². The Balaban J connectivity index is 1.62. The first-order valence-corrected chi connectivity index (χ1v) is 15.1. The molecular formula is C29H39N3O3S2. The molecular weight excluding hydrogens is 502 g/mol. The van der Waals surface area contributed by atoms with Crippen molar-refractivity contribution in [1.82, 2.24) is 9.55 Å². The molecule has 2 aliphatic rings. The van der Waals surface area contributed by atoms with Crippen LogP contribution in [0.4, 0.5) is 5.69 Å². The van der Waals surface area contributed by atoms with Crippen LogP contribution in [0, 0.1) is 29.1 Å². The van der Waals surface area contributed by atoms with Gasteiger partial charge in [0.2, 0.25) is 5.91 Å². The summed E-state index contributed by atoms with van der Waals surface area (Å²) in [4.78, 5) is 33.7. The van der Waals surface area contributed by atoms with Crippen LogP contribution in [-0.2, 0) is 11.8 Å². The number of carbonyl (C=O) groups is 2. The van der Waals surface area contributed by atoms with Crippen molar-refractivity contribution in [2.75, 3.05) is 4.90 Å². The molecule has 1 amide bonds. The van der Waals surface area contributed by atoms with Crippen molar-refractivity contribution in [2.45, 2.75) is 95.5 Å². The second-order valence-corrected chi connectivity index (χ2v) is 14.0. The molecule has 0 saturated heterocycles. The summed E-state index contributed by atoms with van der Waals surface area (Å²) in [5, 5.41) is 11.6. The minimum Gasteiger partial charge on any atom is -0.477 e. The number of thioether (sulfide) groups is 1. The average Bonchev–Trinajstić information content (AvgIpc) is 3.45. The summed E-state index contributed by atoms with van der Waals surface area (Å²) in [6.07, 6.45) is 11.3. The standard InChI is InChI=1S/C29H39N3O3S2/c1-19-6-8-20(9-7-19)26(33)32(21-10-12-22(13-11-21)37-28-30-16-17-31(28)5)24-18-23(14-15-29(2,3)4)36-25(24)27(34)35/h16-22H,6-13H2,1-5H3,(H,34,35)/t19-,20-,21-,22+. The molecule has 37 heavy (non-hydrogen) atoms. The van der Waals surface area contributed by atoms with Gasteiger partial charge in [0.1, 0.15) is 4.88 Å². The zero-order chi connectivity index (χ0) is 26.7. The lowest BCUT2D eigenvalue weighted by Gasteiger charge is -2.39. The summed E-state index contributed by atoms with van der Waals surface area (Å²) in [6.45, 7) is 8.36. The molecule has 2 aromatic rings. The molecule has 0 atom stereocenters. The Hall–Kier alpha value is -2.24. The monoisotopic (exact) mass is 541 g/mol. The van der Waals surface area contributed by atoms with Crippen molar-refractivity contribution in [1.29, 1.82) is 0 Å². The molecule has 0 unspecified atom stereocenters. The molecule has 2 heterocycles. The number of amides is 1. The maximum absolute atomic E-state index is 14.1. The first kappa shape index (κ1) is 27.8. The van der Waals surface area contributed by atoms with Crippen molar-refractivity contribution in [3.05, 3.63) is 28.2 Å². The summed E-state index contributed by atoms with van der Waals surface area (Å²) in [5.74, 6) is 6.11. The highest BCUT2D eigenvalue weighted by Crippen LogP contribution is 2.41. The SMILES string of the molecule is Cn1ccnc1S[C@H]1CC[C@@H](N(c2cc(C#CC(C)(C)C)sc2C(=O)O)C(=O)[C@H]2CC[C@H](C)CC2)CC1. The fourth-order valence-corrected chi connectivity index (χ4v) is 7.26. The third-order valence-corrected chi connectivity index (χ3v) is 9.82. The topological polar surface area (TPSA) is 75.4 Å². The van der Waals surface area contributed by atoms with Crippen LogP contribution < -0.4 is 4.90 Å². The molecule has 1 N–H and O–H groups in total. The van der Waals surface area contributed by atoms with Gasteiger partial charge in [0.05, 0.1) is 10.6 Å². The zero-order valence-electron chi connectivity index (χ0n) is 22.6. The van der Waals surface area contributed by atoms with Gasteiger partial charge in [0.15, 0.2) is 5.16 Å². The number of nitrogens with zero attached hydrogens (tertiary/aromatic N) is 3. The van der Waals surface area contributed by atoms with E-state index in [0.29, 0.717) is 21.7 Å². The Morgan fingerprint density at radius 1 is 1.14 bits per heavy atom. The minimum atomic E-state index is -0.988. The highest BCUT2D eigenvalue weighted by atomic mass is 32.2. The normalized spacial score (nSPS) is 24.2. The van der Waals surface area contributed by atoms with E-state index < -0.39 is 5.97 Å². The molecule has 0 bridgehead atoms. The number of hydrogen-bond donors (Lipinski definition) is 1. The van der Waals surface area contributed by atoms with Gasteiger partial charge in [-0.25, -0.2) is 9.78 Å². The predicted molar refractivity (Wildman–Crippen MR) is 151 cm³/mol. The number of aromatic nitrogens is 2. The quantitative estimate of drug-likeness (QED) is 0.405. The average molecular weight is 542 g/mol. The number of rotatable bonds is 6. The van der Waals surface area contributed by atoms with Crippen LogP contribution in [0.25, 0.3) is 0 Å². The van der Waals surface area contributed by atoms with Crippen LogP contribution in [0.2, 0.25) is 0 Å². The number of carboxylic acid groups (broad SMARTS) is 1. The summed E-state index contributed by atoms with van der Waals surface area (Å²) in [6, 6.07) is 1.85. The summed E-state index contributed by atoms with van der Waals surface area (Å²) in [5.41, 5.74) is 0.352. The van der Waals surface area contributed by atoms with Crippen molar-refractivity contribution in [3.63, 3.8) is 0 Å². The minimum absolute atomic E-state index is 0.00111. The maximum atomic E-state index is 14.1. The molecule has 0 aliphatic heterocycles. The van der Waals surface area contributed by atoms with Crippen LogP contribution in [0.1, 0.15) is 93.6 Å². The predicted octanol–water partition coefficient (Wildman–Crippen LogP) is 6.84. The van der Waals surface area contributed by atoms with Gasteiger partial charge >= 0.3 is 5.97 Å². The van der Waals surface area contributed by atoms with E-state index in [2.05, 4.69) is 23.7 Å². The van der Waals surface area contributed by atoms with Gasteiger partial charge in [0, 0.05) is 42.1 Å². The Morgan fingerprint density at radius 2 is 1.81 bits per heavy atom. The largest absolute Gasteiger partial charge is 0.477 e. The number of hydrogen-bond acceptors (Lipinski definition) is 5. The molecule has 2 fully saturated rings. The van der Waals surface area contributed by atoms with Crippen LogP contribution in [0.5, 0.6) is 0 Å². The third kappa shape index (κ3) is 7.00. The lowest BCUT2D eigenvalue weighted by molar-refractivity contribution is -0.124. The number of aromatic carboxylic acids is 1. The van der Waals surface area contributed by atoms with Crippen LogP contribution in [0.3, 0.4) is 0 Å². The van der Waals surface area contributed by atoms with E-state index in [-0.39, 0.29) is 28.2 Å². The molecule has 0 radical (unpaired) electrons. The molecule has 8 heteroatoms. The fourth-order valence-electron chi connectivity index (χ4n) is 5.26. The highest BCUT2D eigenvalue weighted by molar-refractivity contribution is 7.99. The first-order chi connectivity index (χ1) is 17.5. The molecule has 2 saturated carbocycles. The van der Waals surface area contributed by atoms with Crippen molar-refractivity contribution < 1.29 is 14.7 Å². The Bertz CT molecular complexity index is 1170. The van der Waals surface area contributed by atoms with Crippen molar-refractivity contribution in [2.24, 2.45) is 24.3 Å². The lowest BCUT2D eigenvalue weighted by atomic mass is 9.81. The van der Waals surface area contributed by atoms with Crippen LogP contribution in [0.15, 0.2) is 23.6 Å². The van der Waals surface area contributed by atoms with Gasteiger partial charge in [-0.1, -0.05) is 30.5 Å². The van der Waals surface area contributed by atoms with E-state index in [1.807, 2.05) is 55.7 Å². The second-order valence-electron chi connectivity index (χ2n) is 11.7. The van der Waals surface area contributed by atoms with E-state index >= 15 is 0 Å². The number of carbonyl (C=O) groups excluding carboxylic acids is 1. The van der Waals surface area contributed by atoms with E-state index in [1.54, 1.807) is 11.8 Å². The molecule has 0 spiro atoms. The Morgan fingerprint density at radius 3 is 2.38 bits per heavy atom. The molecule has 200 valence electrons. The number of aryl methyl sites for hydroxylation is 1. The van der Waals surface area contributed by atoms with E-state index in [1.165, 1.54) is 11.3 Å².